The van der Waals surface area contributed by atoms with Crippen molar-refractivity contribution in [2.24, 2.45) is 0 Å². The van der Waals surface area contributed by atoms with Crippen LogP contribution in [0, 0.1) is 0 Å². The van der Waals surface area contributed by atoms with E-state index in [0.29, 0.717) is 29.2 Å². The quantitative estimate of drug-likeness (QED) is 0.411. The van der Waals surface area contributed by atoms with E-state index in [4.69, 9.17) is 18.9 Å². The van der Waals surface area contributed by atoms with Crippen molar-refractivity contribution in [3.05, 3.63) is 71.9 Å². The Labute approximate surface area is 208 Å². The lowest BCUT2D eigenvalue weighted by Crippen LogP contribution is -2.33. The maximum absolute atomic E-state index is 13.0. The van der Waals surface area contributed by atoms with Gasteiger partial charge in [0.05, 0.1) is 30.3 Å². The van der Waals surface area contributed by atoms with Crippen LogP contribution in [0.25, 0.3) is 0 Å². The molecule has 3 aromatic rings. The van der Waals surface area contributed by atoms with E-state index in [1.165, 1.54) is 38.6 Å². The van der Waals surface area contributed by atoms with Crippen LogP contribution in [0.2, 0.25) is 0 Å². The van der Waals surface area contributed by atoms with E-state index in [-0.39, 0.29) is 28.4 Å². The number of carbonyl (C=O) groups is 1. The van der Waals surface area contributed by atoms with Crippen LogP contribution < -0.4 is 24.2 Å². The Hall–Kier alpha value is -4.16. The van der Waals surface area contributed by atoms with Gasteiger partial charge in [0.15, 0.2) is 11.6 Å². The molecular formula is C24H24N4O7S. The highest BCUT2D eigenvalue weighted by Crippen LogP contribution is 2.31. The van der Waals surface area contributed by atoms with Crippen molar-refractivity contribution in [3.8, 4) is 17.6 Å². The Bertz CT molecular complexity index is 1370. The number of Topliss-reactive ketones (excluding diaryl/α,β-unsaturated/α-hetero) is 1. The van der Waals surface area contributed by atoms with E-state index >= 15 is 0 Å². The van der Waals surface area contributed by atoms with Gasteiger partial charge in [-0.15, -0.1) is 0 Å². The van der Waals surface area contributed by atoms with Crippen LogP contribution in [0.15, 0.2) is 71.3 Å². The molecule has 2 aromatic carbocycles. The minimum Gasteiger partial charge on any atom is -0.481 e. The number of nitrogens with zero attached hydrogens (tertiary/aromatic N) is 2. The van der Waals surface area contributed by atoms with Crippen LogP contribution in [-0.2, 0) is 14.8 Å². The predicted molar refractivity (Wildman–Crippen MR) is 131 cm³/mol. The Morgan fingerprint density at radius 1 is 1.06 bits per heavy atom. The summed E-state index contributed by atoms with van der Waals surface area (Å²) in [6, 6.07) is 14.2. The van der Waals surface area contributed by atoms with E-state index in [9.17, 15) is 13.2 Å². The number of fused-ring (bicyclic) bond motifs is 1. The number of carbonyl (C=O) groups excluding carboxylic acids is 1. The second-order valence-electron chi connectivity index (χ2n) is 7.39. The zero-order chi connectivity index (χ0) is 25.7. The molecule has 0 radical (unpaired) electrons. The van der Waals surface area contributed by atoms with Crippen molar-refractivity contribution < 1.29 is 32.2 Å². The van der Waals surface area contributed by atoms with Crippen molar-refractivity contribution in [3.63, 3.8) is 0 Å². The van der Waals surface area contributed by atoms with Gasteiger partial charge in [-0.2, -0.15) is 9.97 Å². The summed E-state index contributed by atoms with van der Waals surface area (Å²) in [4.78, 5) is 20.9. The van der Waals surface area contributed by atoms with E-state index in [0.717, 1.165) is 0 Å². The van der Waals surface area contributed by atoms with Crippen LogP contribution in [0.3, 0.4) is 0 Å². The number of ether oxygens (including phenoxy) is 4. The summed E-state index contributed by atoms with van der Waals surface area (Å²) in [5, 5.41) is 3.01. The van der Waals surface area contributed by atoms with E-state index in [1.807, 2.05) is 0 Å². The van der Waals surface area contributed by atoms with Gasteiger partial charge in [0.25, 0.3) is 10.0 Å². The fourth-order valence-electron chi connectivity index (χ4n) is 3.35. The van der Waals surface area contributed by atoms with Crippen LogP contribution in [0.5, 0.6) is 17.6 Å². The van der Waals surface area contributed by atoms with Gasteiger partial charge in [-0.05, 0) is 43.3 Å². The van der Waals surface area contributed by atoms with E-state index < -0.39 is 16.3 Å². The molecule has 12 heteroatoms. The lowest BCUT2D eigenvalue weighted by atomic mass is 10.00. The number of aromatic nitrogens is 2. The molecule has 1 atom stereocenters. The van der Waals surface area contributed by atoms with Crippen LogP contribution in [-0.4, -0.2) is 51.3 Å². The van der Waals surface area contributed by atoms with Crippen LogP contribution in [0.4, 0.5) is 11.5 Å². The molecule has 1 aromatic heterocycles. The molecule has 0 saturated heterocycles. The monoisotopic (exact) mass is 512 g/mol. The number of benzene rings is 2. The third-order valence-electron chi connectivity index (χ3n) is 5.07. The molecular weight excluding hydrogens is 488 g/mol. The van der Waals surface area contributed by atoms with Gasteiger partial charge < -0.3 is 24.3 Å². The normalized spacial score (nSPS) is 16.1. The molecule has 36 heavy (non-hydrogen) atoms. The SMILES string of the molecule is CCOC1Oc2ccccc2C(=O)/C1=C\Nc1ccc(S(=O)(=O)Nc2cc(OC)nc(OC)n2)cc1. The summed E-state index contributed by atoms with van der Waals surface area (Å²) in [5.74, 6) is 0.367. The van der Waals surface area contributed by atoms with Gasteiger partial charge in [-0.25, -0.2) is 8.42 Å². The van der Waals surface area contributed by atoms with Crippen molar-refractivity contribution in [2.75, 3.05) is 30.9 Å². The number of rotatable bonds is 9. The van der Waals surface area contributed by atoms with E-state index in [1.54, 1.807) is 43.3 Å². The number of hydrogen-bond acceptors (Lipinski definition) is 10. The van der Waals surface area contributed by atoms with Gasteiger partial charge in [-0.1, -0.05) is 12.1 Å². The van der Waals surface area contributed by atoms with Gasteiger partial charge in [0.1, 0.15) is 5.75 Å². The summed E-state index contributed by atoms with van der Waals surface area (Å²) in [6.07, 6.45) is 0.635. The lowest BCUT2D eigenvalue weighted by molar-refractivity contribution is -0.0509. The minimum atomic E-state index is -3.96. The molecule has 2 N–H and O–H groups in total. The molecule has 0 amide bonds. The summed E-state index contributed by atoms with van der Waals surface area (Å²) in [5.41, 5.74) is 1.28. The molecule has 1 aliphatic rings. The average molecular weight is 513 g/mol. The van der Waals surface area contributed by atoms with Crippen LogP contribution in [0.1, 0.15) is 17.3 Å². The molecule has 1 unspecified atom stereocenters. The van der Waals surface area contributed by atoms with E-state index in [2.05, 4.69) is 20.0 Å². The second-order valence-corrected chi connectivity index (χ2v) is 9.07. The first-order chi connectivity index (χ1) is 17.3. The van der Waals surface area contributed by atoms with Crippen molar-refractivity contribution in [1.82, 2.24) is 9.97 Å². The molecule has 0 saturated carbocycles. The number of hydrogen-bond donors (Lipinski definition) is 2. The third kappa shape index (κ3) is 5.39. The number of para-hydroxylation sites is 1. The Morgan fingerprint density at radius 3 is 2.50 bits per heavy atom. The molecule has 11 nitrogen and oxygen atoms in total. The first kappa shape index (κ1) is 24.9. The zero-order valence-electron chi connectivity index (χ0n) is 19.7. The second kappa shape index (κ2) is 10.6. The summed E-state index contributed by atoms with van der Waals surface area (Å²) < 4.78 is 49.5. The number of anilines is 2. The Morgan fingerprint density at radius 2 is 1.81 bits per heavy atom. The highest BCUT2D eigenvalue weighted by Gasteiger charge is 2.32. The van der Waals surface area contributed by atoms with Gasteiger partial charge >= 0.3 is 6.01 Å². The van der Waals surface area contributed by atoms with Gasteiger partial charge in [0.2, 0.25) is 12.2 Å². The fourth-order valence-corrected chi connectivity index (χ4v) is 4.34. The molecule has 0 fully saturated rings. The summed E-state index contributed by atoms with van der Waals surface area (Å²) >= 11 is 0. The number of nitrogens with one attached hydrogen (secondary N) is 2. The van der Waals surface area contributed by atoms with Gasteiger partial charge in [0, 0.05) is 24.6 Å². The molecule has 1 aliphatic heterocycles. The number of ketones is 1. The maximum Gasteiger partial charge on any atom is 0.321 e. The Balaban J connectivity index is 1.52. The lowest BCUT2D eigenvalue weighted by Gasteiger charge is -2.27. The molecule has 4 rings (SSSR count). The highest BCUT2D eigenvalue weighted by atomic mass is 32.2. The maximum atomic E-state index is 13.0. The highest BCUT2D eigenvalue weighted by molar-refractivity contribution is 7.92. The third-order valence-corrected chi connectivity index (χ3v) is 6.44. The number of methoxy groups -OCH3 is 2. The molecule has 2 heterocycles. The fraction of sp³-hybridized carbons (Fsp3) is 0.208. The first-order valence-corrected chi connectivity index (χ1v) is 12.3. The summed E-state index contributed by atoms with van der Waals surface area (Å²) in [7, 11) is -1.21. The minimum absolute atomic E-state index is 0.00422. The average Bonchev–Trinajstić information content (AvgIpc) is 2.88. The predicted octanol–water partition coefficient (Wildman–Crippen LogP) is 3.23. The topological polar surface area (TPSA) is 138 Å². The standard InChI is InChI=1S/C24H24N4O7S/c1-4-34-23-18(22(29)17-7-5-6-8-19(17)35-23)14-25-15-9-11-16(12-10-15)36(30,31)28-20-13-21(32-2)27-24(26-20)33-3/h5-14,23,25H,4H2,1-3H3,(H,26,27,28)/b18-14+. The molecule has 0 spiro atoms. The van der Waals surface area contributed by atoms with Gasteiger partial charge in [-0.3, -0.25) is 9.52 Å². The summed E-state index contributed by atoms with van der Waals surface area (Å²) in [6.45, 7) is 2.15. The number of sulfonamides is 1. The van der Waals surface area contributed by atoms with Crippen LogP contribution >= 0.6 is 0 Å². The van der Waals surface area contributed by atoms with Crippen molar-refractivity contribution >= 4 is 27.3 Å². The zero-order valence-corrected chi connectivity index (χ0v) is 20.5. The molecule has 0 aliphatic carbocycles. The Kier molecular flexibility index (Phi) is 7.36. The van der Waals surface area contributed by atoms with Crippen molar-refractivity contribution in [2.45, 2.75) is 18.1 Å². The first-order valence-electron chi connectivity index (χ1n) is 10.8. The largest absolute Gasteiger partial charge is 0.481 e. The molecule has 188 valence electrons. The molecule has 0 bridgehead atoms. The smallest absolute Gasteiger partial charge is 0.321 e. The van der Waals surface area contributed by atoms with Crippen molar-refractivity contribution in [1.29, 1.82) is 0 Å².